The summed E-state index contributed by atoms with van der Waals surface area (Å²) in [6, 6.07) is 0. The molecule has 1 fully saturated rings. The fourth-order valence-electron chi connectivity index (χ4n) is 1.20. The highest BCUT2D eigenvalue weighted by atomic mass is 35.5. The maximum atomic E-state index is 11.0. The van der Waals surface area contributed by atoms with Crippen LogP contribution >= 0.6 is 11.6 Å². The van der Waals surface area contributed by atoms with Crippen LogP contribution in [0.3, 0.4) is 0 Å². The number of carbonyl (C=O) groups is 1. The molecule has 11 heavy (non-hydrogen) atoms. The third-order valence-electron chi connectivity index (χ3n) is 1.78. The number of aliphatic hydroxyl groups is 1. The number of β-amino-alcohol motifs (C(OH)–C–C–N with tert-alkyl or cyclic N) is 1. The topological polar surface area (TPSA) is 40.5 Å². The molecule has 1 N–H and O–H groups in total. The van der Waals surface area contributed by atoms with Gasteiger partial charge in [-0.05, 0) is 6.42 Å². The summed E-state index contributed by atoms with van der Waals surface area (Å²) in [5.74, 6) is 0.332. The predicted octanol–water partition coefficient (Wildman–Crippen LogP) is 0.208. The van der Waals surface area contributed by atoms with Crippen LogP contribution in [0.5, 0.6) is 0 Å². The number of halogens is 1. The van der Waals surface area contributed by atoms with E-state index in [1.165, 1.54) is 0 Å². The molecule has 3 nitrogen and oxygen atoms in total. The number of carbonyl (C=O) groups excluding carboxylic acids is 1. The minimum Gasteiger partial charge on any atom is -0.390 e. The molecule has 1 amide bonds. The first-order valence-corrected chi connectivity index (χ1v) is 4.29. The Morgan fingerprint density at radius 2 is 2.45 bits per heavy atom. The number of hydrogen-bond donors (Lipinski definition) is 1. The number of likely N-dealkylation sites (tertiary alicyclic amines) is 1. The van der Waals surface area contributed by atoms with Crippen LogP contribution in [-0.4, -0.2) is 41.0 Å². The van der Waals surface area contributed by atoms with Crippen molar-refractivity contribution in [3.05, 3.63) is 0 Å². The van der Waals surface area contributed by atoms with E-state index in [2.05, 4.69) is 0 Å². The highest BCUT2D eigenvalue weighted by Gasteiger charge is 2.21. The monoisotopic (exact) mass is 177 g/mol. The number of hydrogen-bond acceptors (Lipinski definition) is 2. The van der Waals surface area contributed by atoms with E-state index >= 15 is 0 Å². The first-order valence-electron chi connectivity index (χ1n) is 3.76. The van der Waals surface area contributed by atoms with Gasteiger partial charge in [0.1, 0.15) is 0 Å². The zero-order valence-electron chi connectivity index (χ0n) is 6.29. The summed E-state index contributed by atoms with van der Waals surface area (Å²) in [7, 11) is 0. The molecule has 1 aliphatic heterocycles. The molecule has 0 bridgehead atoms. The van der Waals surface area contributed by atoms with Gasteiger partial charge < -0.3 is 10.0 Å². The van der Waals surface area contributed by atoms with Gasteiger partial charge in [-0.1, -0.05) is 0 Å². The van der Waals surface area contributed by atoms with Crippen molar-refractivity contribution in [3.8, 4) is 0 Å². The summed E-state index contributed by atoms with van der Waals surface area (Å²) in [6.45, 7) is 1.16. The summed E-state index contributed by atoms with van der Waals surface area (Å²) >= 11 is 5.39. The number of aliphatic hydroxyl groups excluding tert-OH is 1. The van der Waals surface area contributed by atoms with E-state index in [4.69, 9.17) is 16.7 Å². The van der Waals surface area contributed by atoms with E-state index in [-0.39, 0.29) is 11.8 Å². The number of alkyl halides is 1. The summed E-state index contributed by atoms with van der Waals surface area (Å²) in [5, 5.41) is 9.11. The fourth-order valence-corrected chi connectivity index (χ4v) is 1.30. The summed E-state index contributed by atoms with van der Waals surface area (Å²) < 4.78 is 0. The Morgan fingerprint density at radius 1 is 1.73 bits per heavy atom. The summed E-state index contributed by atoms with van der Waals surface area (Å²) in [6.07, 6.45) is 0.960. The number of amides is 1. The predicted molar refractivity (Wildman–Crippen MR) is 42.5 cm³/mol. The molecule has 0 aromatic heterocycles. The maximum Gasteiger partial charge on any atom is 0.222 e. The van der Waals surface area contributed by atoms with Crippen molar-refractivity contribution in [1.29, 1.82) is 0 Å². The Hall–Kier alpha value is -0.280. The SMILES string of the molecule is O=C1CCCN1C[C@@H](O)CCl. The largest absolute Gasteiger partial charge is 0.390 e. The van der Waals surface area contributed by atoms with E-state index in [9.17, 15) is 4.79 Å². The molecule has 1 saturated heterocycles. The molecule has 1 atom stereocenters. The highest BCUT2D eigenvalue weighted by molar-refractivity contribution is 6.18. The lowest BCUT2D eigenvalue weighted by atomic mass is 10.4. The van der Waals surface area contributed by atoms with Crippen LogP contribution in [0.15, 0.2) is 0 Å². The van der Waals surface area contributed by atoms with Crippen LogP contribution in [0.2, 0.25) is 0 Å². The second-order valence-corrected chi connectivity index (χ2v) is 3.06. The van der Waals surface area contributed by atoms with Gasteiger partial charge in [0.25, 0.3) is 0 Å². The van der Waals surface area contributed by atoms with Crippen molar-refractivity contribution in [2.24, 2.45) is 0 Å². The van der Waals surface area contributed by atoms with Crippen LogP contribution < -0.4 is 0 Å². The lowest BCUT2D eigenvalue weighted by Crippen LogP contribution is -2.34. The fraction of sp³-hybridized carbons (Fsp3) is 0.857. The molecule has 0 aliphatic carbocycles. The molecular weight excluding hydrogens is 166 g/mol. The molecule has 1 heterocycles. The smallest absolute Gasteiger partial charge is 0.222 e. The van der Waals surface area contributed by atoms with Crippen LogP contribution in [0.4, 0.5) is 0 Å². The zero-order valence-corrected chi connectivity index (χ0v) is 7.05. The molecular formula is C7H12ClNO2. The van der Waals surface area contributed by atoms with Gasteiger partial charge >= 0.3 is 0 Å². The van der Waals surface area contributed by atoms with E-state index in [0.717, 1.165) is 13.0 Å². The second kappa shape index (κ2) is 3.93. The molecule has 0 aromatic rings. The highest BCUT2D eigenvalue weighted by Crippen LogP contribution is 2.09. The first-order chi connectivity index (χ1) is 5.24. The molecule has 0 saturated carbocycles. The molecule has 1 rings (SSSR count). The van der Waals surface area contributed by atoms with Crippen molar-refractivity contribution in [2.75, 3.05) is 19.0 Å². The van der Waals surface area contributed by atoms with Crippen molar-refractivity contribution >= 4 is 17.5 Å². The molecule has 64 valence electrons. The average molecular weight is 178 g/mol. The Morgan fingerprint density at radius 3 is 2.91 bits per heavy atom. The summed E-state index contributed by atoms with van der Waals surface area (Å²) in [4.78, 5) is 12.7. The minimum atomic E-state index is -0.571. The van der Waals surface area contributed by atoms with Gasteiger partial charge in [0, 0.05) is 19.5 Å². The van der Waals surface area contributed by atoms with Gasteiger partial charge in [-0.15, -0.1) is 11.6 Å². The van der Waals surface area contributed by atoms with Gasteiger partial charge in [0.15, 0.2) is 0 Å². The molecule has 0 spiro atoms. The Labute approximate surface area is 70.9 Å². The molecule has 4 heteroatoms. The minimum absolute atomic E-state index is 0.133. The van der Waals surface area contributed by atoms with Gasteiger partial charge in [-0.2, -0.15) is 0 Å². The van der Waals surface area contributed by atoms with E-state index in [0.29, 0.717) is 13.0 Å². The standard InChI is InChI=1S/C7H12ClNO2/c8-4-6(10)5-9-3-1-2-7(9)11/h6,10H,1-5H2/t6-/m0/s1. The quantitative estimate of drug-likeness (QED) is 0.627. The van der Waals surface area contributed by atoms with E-state index in [1.807, 2.05) is 0 Å². The third-order valence-corrected chi connectivity index (χ3v) is 2.14. The van der Waals surface area contributed by atoms with Gasteiger partial charge in [-0.25, -0.2) is 0 Å². The molecule has 0 unspecified atom stereocenters. The molecule has 0 radical (unpaired) electrons. The Balaban J connectivity index is 2.30. The Kier molecular flexibility index (Phi) is 3.15. The lowest BCUT2D eigenvalue weighted by Gasteiger charge is -2.17. The average Bonchev–Trinajstić information content (AvgIpc) is 2.37. The summed E-state index contributed by atoms with van der Waals surface area (Å²) in [5.41, 5.74) is 0. The first kappa shape index (κ1) is 8.81. The number of nitrogens with zero attached hydrogens (tertiary/aromatic N) is 1. The van der Waals surface area contributed by atoms with Crippen molar-refractivity contribution in [3.63, 3.8) is 0 Å². The van der Waals surface area contributed by atoms with Crippen molar-refractivity contribution < 1.29 is 9.90 Å². The van der Waals surface area contributed by atoms with E-state index < -0.39 is 6.10 Å². The van der Waals surface area contributed by atoms with Crippen LogP contribution in [0.1, 0.15) is 12.8 Å². The van der Waals surface area contributed by atoms with Crippen LogP contribution in [-0.2, 0) is 4.79 Å². The van der Waals surface area contributed by atoms with E-state index in [1.54, 1.807) is 4.90 Å². The molecule has 0 aromatic carbocycles. The normalized spacial score (nSPS) is 20.9. The number of rotatable bonds is 3. The van der Waals surface area contributed by atoms with Crippen LogP contribution in [0, 0.1) is 0 Å². The zero-order chi connectivity index (χ0) is 8.27. The maximum absolute atomic E-state index is 11.0. The second-order valence-electron chi connectivity index (χ2n) is 2.75. The van der Waals surface area contributed by atoms with Crippen molar-refractivity contribution in [1.82, 2.24) is 4.90 Å². The van der Waals surface area contributed by atoms with Crippen LogP contribution in [0.25, 0.3) is 0 Å². The third kappa shape index (κ3) is 2.34. The van der Waals surface area contributed by atoms with Gasteiger partial charge in [-0.3, -0.25) is 4.79 Å². The van der Waals surface area contributed by atoms with Gasteiger partial charge in [0.05, 0.1) is 12.0 Å². The Bertz CT molecular complexity index is 151. The van der Waals surface area contributed by atoms with Crippen molar-refractivity contribution in [2.45, 2.75) is 18.9 Å². The molecule has 1 aliphatic rings. The lowest BCUT2D eigenvalue weighted by molar-refractivity contribution is -0.128. The van der Waals surface area contributed by atoms with Gasteiger partial charge in [0.2, 0.25) is 5.91 Å².